The SMILES string of the molecule is CCCCN(CCCC)C(=O)c1ccnc2ccccc12. The van der Waals surface area contributed by atoms with E-state index in [4.69, 9.17) is 0 Å². The number of rotatable bonds is 7. The van der Waals surface area contributed by atoms with Crippen molar-refractivity contribution in [1.82, 2.24) is 9.88 Å². The number of pyridine rings is 1. The third-order valence-corrected chi connectivity index (χ3v) is 3.73. The standard InChI is InChI=1S/C18H24N2O/c1-3-5-13-20(14-6-4-2)18(21)16-11-12-19-17-10-8-7-9-15(16)17/h7-12H,3-6,13-14H2,1-2H3. The molecular weight excluding hydrogens is 260 g/mol. The molecule has 0 aliphatic carbocycles. The summed E-state index contributed by atoms with van der Waals surface area (Å²) in [6, 6.07) is 9.69. The zero-order chi connectivity index (χ0) is 15.1. The first-order valence-electron chi connectivity index (χ1n) is 7.91. The molecule has 0 fully saturated rings. The maximum Gasteiger partial charge on any atom is 0.254 e. The van der Waals surface area contributed by atoms with Gasteiger partial charge in [-0.3, -0.25) is 9.78 Å². The molecule has 0 N–H and O–H groups in total. The van der Waals surface area contributed by atoms with Crippen LogP contribution in [0.1, 0.15) is 49.9 Å². The molecule has 0 bridgehead atoms. The van der Waals surface area contributed by atoms with Crippen molar-refractivity contribution in [3.8, 4) is 0 Å². The molecule has 3 nitrogen and oxygen atoms in total. The van der Waals surface area contributed by atoms with E-state index in [2.05, 4.69) is 18.8 Å². The molecule has 0 aliphatic heterocycles. The Bertz CT molecular complexity index is 581. The molecule has 1 aromatic heterocycles. The van der Waals surface area contributed by atoms with E-state index in [-0.39, 0.29) is 5.91 Å². The van der Waals surface area contributed by atoms with Crippen LogP contribution in [0.2, 0.25) is 0 Å². The first kappa shape index (κ1) is 15.5. The van der Waals surface area contributed by atoms with Crippen LogP contribution in [0.25, 0.3) is 10.9 Å². The molecular formula is C18H24N2O. The Kier molecular flexibility index (Phi) is 5.73. The normalized spacial score (nSPS) is 10.8. The summed E-state index contributed by atoms with van der Waals surface area (Å²) in [4.78, 5) is 19.2. The second kappa shape index (κ2) is 7.77. The summed E-state index contributed by atoms with van der Waals surface area (Å²) in [6.45, 7) is 5.99. The predicted molar refractivity (Wildman–Crippen MR) is 87.5 cm³/mol. The lowest BCUT2D eigenvalue weighted by Gasteiger charge is -2.23. The van der Waals surface area contributed by atoms with E-state index < -0.39 is 0 Å². The van der Waals surface area contributed by atoms with Gasteiger partial charge in [0.2, 0.25) is 0 Å². The monoisotopic (exact) mass is 284 g/mol. The summed E-state index contributed by atoms with van der Waals surface area (Å²) in [6.07, 6.45) is 6.05. The van der Waals surface area contributed by atoms with Gasteiger partial charge in [0.1, 0.15) is 0 Å². The molecule has 3 heteroatoms. The molecule has 112 valence electrons. The third-order valence-electron chi connectivity index (χ3n) is 3.73. The highest BCUT2D eigenvalue weighted by molar-refractivity contribution is 6.05. The molecule has 0 aliphatic rings. The summed E-state index contributed by atoms with van der Waals surface area (Å²) >= 11 is 0. The van der Waals surface area contributed by atoms with Gasteiger partial charge in [0.05, 0.1) is 11.1 Å². The van der Waals surface area contributed by atoms with Crippen LogP contribution in [0.3, 0.4) is 0 Å². The number of unbranched alkanes of at least 4 members (excludes halogenated alkanes) is 2. The molecule has 21 heavy (non-hydrogen) atoms. The zero-order valence-electron chi connectivity index (χ0n) is 13.0. The average molecular weight is 284 g/mol. The van der Waals surface area contributed by atoms with E-state index in [9.17, 15) is 4.79 Å². The maximum atomic E-state index is 12.9. The minimum Gasteiger partial charge on any atom is -0.339 e. The van der Waals surface area contributed by atoms with Crippen molar-refractivity contribution < 1.29 is 4.79 Å². The summed E-state index contributed by atoms with van der Waals surface area (Å²) in [7, 11) is 0. The van der Waals surface area contributed by atoms with Crippen LogP contribution in [0, 0.1) is 0 Å². The van der Waals surface area contributed by atoms with Crippen molar-refractivity contribution in [2.45, 2.75) is 39.5 Å². The van der Waals surface area contributed by atoms with Gasteiger partial charge in [-0.05, 0) is 25.0 Å². The Labute approximate surface area is 127 Å². The van der Waals surface area contributed by atoms with E-state index in [1.807, 2.05) is 35.2 Å². The van der Waals surface area contributed by atoms with Gasteiger partial charge in [0, 0.05) is 24.7 Å². The van der Waals surface area contributed by atoms with Gasteiger partial charge < -0.3 is 4.90 Å². The Morgan fingerprint density at radius 3 is 2.38 bits per heavy atom. The minimum atomic E-state index is 0.135. The highest BCUT2D eigenvalue weighted by Gasteiger charge is 2.17. The molecule has 1 heterocycles. The van der Waals surface area contributed by atoms with Gasteiger partial charge in [0.15, 0.2) is 0 Å². The number of hydrogen-bond donors (Lipinski definition) is 0. The fourth-order valence-corrected chi connectivity index (χ4v) is 2.47. The first-order valence-corrected chi connectivity index (χ1v) is 7.91. The molecule has 0 saturated carbocycles. The van der Waals surface area contributed by atoms with Crippen molar-refractivity contribution in [2.24, 2.45) is 0 Å². The number of carbonyl (C=O) groups is 1. The maximum absolute atomic E-state index is 12.9. The fraction of sp³-hybridized carbons (Fsp3) is 0.444. The quantitative estimate of drug-likeness (QED) is 0.760. The van der Waals surface area contributed by atoms with Crippen molar-refractivity contribution in [3.05, 3.63) is 42.1 Å². The smallest absolute Gasteiger partial charge is 0.254 e. The number of amides is 1. The second-order valence-electron chi connectivity index (χ2n) is 5.37. The largest absolute Gasteiger partial charge is 0.339 e. The van der Waals surface area contributed by atoms with Gasteiger partial charge in [-0.15, -0.1) is 0 Å². The molecule has 2 rings (SSSR count). The van der Waals surface area contributed by atoms with Gasteiger partial charge in [-0.1, -0.05) is 44.9 Å². The molecule has 2 aromatic rings. The highest BCUT2D eigenvalue weighted by Crippen LogP contribution is 2.18. The van der Waals surface area contributed by atoms with E-state index in [1.54, 1.807) is 6.20 Å². The number of benzene rings is 1. The van der Waals surface area contributed by atoms with Crippen molar-refractivity contribution in [3.63, 3.8) is 0 Å². The van der Waals surface area contributed by atoms with Crippen LogP contribution in [-0.2, 0) is 0 Å². The lowest BCUT2D eigenvalue weighted by molar-refractivity contribution is 0.0753. The molecule has 1 amide bonds. The highest BCUT2D eigenvalue weighted by atomic mass is 16.2. The molecule has 0 radical (unpaired) electrons. The molecule has 0 spiro atoms. The number of carbonyl (C=O) groups excluding carboxylic acids is 1. The van der Waals surface area contributed by atoms with Gasteiger partial charge >= 0.3 is 0 Å². The summed E-state index contributed by atoms with van der Waals surface area (Å²) in [5.74, 6) is 0.135. The lowest BCUT2D eigenvalue weighted by Crippen LogP contribution is -2.33. The summed E-state index contributed by atoms with van der Waals surface area (Å²) in [5.41, 5.74) is 1.65. The van der Waals surface area contributed by atoms with E-state index >= 15 is 0 Å². The van der Waals surface area contributed by atoms with E-state index in [0.29, 0.717) is 0 Å². The van der Waals surface area contributed by atoms with E-state index in [1.165, 1.54) is 0 Å². The van der Waals surface area contributed by atoms with Crippen LogP contribution >= 0.6 is 0 Å². The Morgan fingerprint density at radius 2 is 1.71 bits per heavy atom. The summed E-state index contributed by atoms with van der Waals surface area (Å²) < 4.78 is 0. The van der Waals surface area contributed by atoms with Crippen LogP contribution in [0.15, 0.2) is 36.5 Å². The molecule has 0 saturated heterocycles. The Hall–Kier alpha value is -1.90. The van der Waals surface area contributed by atoms with Crippen molar-refractivity contribution in [2.75, 3.05) is 13.1 Å². The number of nitrogens with zero attached hydrogens (tertiary/aromatic N) is 2. The fourth-order valence-electron chi connectivity index (χ4n) is 2.47. The number of fused-ring (bicyclic) bond motifs is 1. The van der Waals surface area contributed by atoms with Crippen LogP contribution in [-0.4, -0.2) is 28.9 Å². The van der Waals surface area contributed by atoms with Crippen molar-refractivity contribution >= 4 is 16.8 Å². The van der Waals surface area contributed by atoms with Crippen molar-refractivity contribution in [1.29, 1.82) is 0 Å². The minimum absolute atomic E-state index is 0.135. The predicted octanol–water partition coefficient (Wildman–Crippen LogP) is 4.28. The topological polar surface area (TPSA) is 33.2 Å². The average Bonchev–Trinajstić information content (AvgIpc) is 2.54. The van der Waals surface area contributed by atoms with Crippen LogP contribution in [0.5, 0.6) is 0 Å². The van der Waals surface area contributed by atoms with Crippen LogP contribution in [0.4, 0.5) is 0 Å². The Morgan fingerprint density at radius 1 is 1.05 bits per heavy atom. The van der Waals surface area contributed by atoms with Gasteiger partial charge in [0.25, 0.3) is 5.91 Å². The summed E-state index contributed by atoms with van der Waals surface area (Å²) in [5, 5.41) is 0.947. The third kappa shape index (κ3) is 3.81. The first-order chi connectivity index (χ1) is 10.3. The number of hydrogen-bond acceptors (Lipinski definition) is 2. The molecule has 1 aromatic carbocycles. The number of aromatic nitrogens is 1. The molecule has 0 atom stereocenters. The second-order valence-corrected chi connectivity index (χ2v) is 5.37. The Balaban J connectivity index is 2.29. The number of para-hydroxylation sites is 1. The van der Waals surface area contributed by atoms with E-state index in [0.717, 1.165) is 55.2 Å². The zero-order valence-corrected chi connectivity index (χ0v) is 13.0. The van der Waals surface area contributed by atoms with Crippen LogP contribution < -0.4 is 0 Å². The van der Waals surface area contributed by atoms with Gasteiger partial charge in [-0.25, -0.2) is 0 Å². The van der Waals surface area contributed by atoms with Gasteiger partial charge in [-0.2, -0.15) is 0 Å². The molecule has 0 unspecified atom stereocenters. The lowest BCUT2D eigenvalue weighted by atomic mass is 10.1.